The van der Waals surface area contributed by atoms with E-state index in [2.05, 4.69) is 45.1 Å². The SMILES string of the molecule is CCNc1nc(C2CCS(=O)(=O)C2)nc(CC(C)C)c1Br. The maximum absolute atomic E-state index is 11.7. The van der Waals surface area contributed by atoms with E-state index in [1.807, 2.05) is 6.92 Å². The molecule has 118 valence electrons. The molecular formula is C14H22BrN3O2S. The third-order valence-corrected chi connectivity index (χ3v) is 6.08. The van der Waals surface area contributed by atoms with E-state index in [0.29, 0.717) is 18.2 Å². The standard InChI is InChI=1S/C14H22BrN3O2S/c1-4-16-14-12(15)11(7-9(2)3)17-13(18-14)10-5-6-21(19,20)8-10/h9-10H,4-8H2,1-3H3,(H,16,17,18). The molecule has 1 saturated heterocycles. The van der Waals surface area contributed by atoms with Gasteiger partial charge in [0, 0.05) is 12.5 Å². The minimum atomic E-state index is -2.93. The predicted octanol–water partition coefficient (Wildman–Crippen LogP) is 2.77. The summed E-state index contributed by atoms with van der Waals surface area (Å²) in [7, 11) is -2.93. The Morgan fingerprint density at radius 3 is 2.62 bits per heavy atom. The smallest absolute Gasteiger partial charge is 0.151 e. The molecule has 1 fully saturated rings. The summed E-state index contributed by atoms with van der Waals surface area (Å²) in [4.78, 5) is 9.18. The van der Waals surface area contributed by atoms with Gasteiger partial charge in [-0.3, -0.25) is 0 Å². The van der Waals surface area contributed by atoms with Crippen LogP contribution in [-0.4, -0.2) is 36.4 Å². The van der Waals surface area contributed by atoms with Gasteiger partial charge in [0.1, 0.15) is 11.6 Å². The Bertz CT molecular complexity index is 617. The zero-order valence-electron chi connectivity index (χ0n) is 12.7. The Kier molecular flexibility index (Phi) is 5.24. The molecule has 1 aliphatic rings. The number of nitrogens with zero attached hydrogens (tertiary/aromatic N) is 2. The van der Waals surface area contributed by atoms with Crippen molar-refractivity contribution in [1.29, 1.82) is 0 Å². The molecule has 1 atom stereocenters. The van der Waals surface area contributed by atoms with Crippen LogP contribution >= 0.6 is 15.9 Å². The summed E-state index contributed by atoms with van der Waals surface area (Å²) in [5.41, 5.74) is 0.954. The van der Waals surface area contributed by atoms with Gasteiger partial charge < -0.3 is 5.32 Å². The van der Waals surface area contributed by atoms with E-state index >= 15 is 0 Å². The molecule has 1 aromatic heterocycles. The van der Waals surface area contributed by atoms with Crippen LogP contribution in [0.1, 0.15) is 44.6 Å². The number of sulfone groups is 1. The molecule has 0 saturated carbocycles. The average Bonchev–Trinajstić information content (AvgIpc) is 2.74. The highest BCUT2D eigenvalue weighted by atomic mass is 79.9. The molecule has 1 aromatic rings. The van der Waals surface area contributed by atoms with Crippen LogP contribution in [0.15, 0.2) is 4.47 Å². The van der Waals surface area contributed by atoms with Crippen molar-refractivity contribution >= 4 is 31.6 Å². The van der Waals surface area contributed by atoms with Crippen molar-refractivity contribution in [2.75, 3.05) is 23.4 Å². The van der Waals surface area contributed by atoms with Crippen LogP contribution < -0.4 is 5.32 Å². The van der Waals surface area contributed by atoms with E-state index in [0.717, 1.165) is 29.0 Å². The fourth-order valence-corrected chi connectivity index (χ4v) is 4.72. The van der Waals surface area contributed by atoms with Crippen molar-refractivity contribution in [2.45, 2.75) is 39.5 Å². The van der Waals surface area contributed by atoms with Crippen molar-refractivity contribution in [3.63, 3.8) is 0 Å². The van der Waals surface area contributed by atoms with E-state index in [1.54, 1.807) is 0 Å². The van der Waals surface area contributed by atoms with E-state index < -0.39 is 9.84 Å². The van der Waals surface area contributed by atoms with Gasteiger partial charge in [-0.15, -0.1) is 0 Å². The second-order valence-electron chi connectivity index (χ2n) is 5.92. The van der Waals surface area contributed by atoms with Gasteiger partial charge in [0.2, 0.25) is 0 Å². The van der Waals surface area contributed by atoms with Crippen molar-refractivity contribution in [1.82, 2.24) is 9.97 Å². The summed E-state index contributed by atoms with van der Waals surface area (Å²) < 4.78 is 24.2. The quantitative estimate of drug-likeness (QED) is 0.856. The molecular weight excluding hydrogens is 354 g/mol. The second kappa shape index (κ2) is 6.60. The number of aromatic nitrogens is 2. The second-order valence-corrected chi connectivity index (χ2v) is 8.94. The molecule has 0 bridgehead atoms. The highest BCUT2D eigenvalue weighted by Gasteiger charge is 2.32. The molecule has 21 heavy (non-hydrogen) atoms. The normalized spacial score (nSPS) is 20.9. The van der Waals surface area contributed by atoms with E-state index in [-0.39, 0.29) is 17.4 Å². The summed E-state index contributed by atoms with van der Waals surface area (Å²) in [5, 5.41) is 3.23. The predicted molar refractivity (Wildman–Crippen MR) is 88.4 cm³/mol. The van der Waals surface area contributed by atoms with Crippen molar-refractivity contribution in [3.8, 4) is 0 Å². The molecule has 0 radical (unpaired) electrons. The Morgan fingerprint density at radius 2 is 2.10 bits per heavy atom. The van der Waals surface area contributed by atoms with Crippen molar-refractivity contribution in [2.24, 2.45) is 5.92 Å². The number of halogens is 1. The monoisotopic (exact) mass is 375 g/mol. The van der Waals surface area contributed by atoms with Gasteiger partial charge >= 0.3 is 0 Å². The summed E-state index contributed by atoms with van der Waals surface area (Å²) in [6.07, 6.45) is 1.46. The molecule has 5 nitrogen and oxygen atoms in total. The van der Waals surface area contributed by atoms with Gasteiger partial charge in [-0.2, -0.15) is 0 Å². The molecule has 2 heterocycles. The van der Waals surface area contributed by atoms with Crippen LogP contribution in [-0.2, 0) is 16.3 Å². The lowest BCUT2D eigenvalue weighted by atomic mass is 10.1. The van der Waals surface area contributed by atoms with E-state index in [1.165, 1.54) is 0 Å². The van der Waals surface area contributed by atoms with Gasteiger partial charge in [-0.1, -0.05) is 13.8 Å². The Labute approximate surface area is 135 Å². The van der Waals surface area contributed by atoms with E-state index in [4.69, 9.17) is 0 Å². The topological polar surface area (TPSA) is 72.0 Å². The minimum absolute atomic E-state index is 0.0774. The lowest BCUT2D eigenvalue weighted by Crippen LogP contribution is -2.13. The Balaban J connectivity index is 2.39. The van der Waals surface area contributed by atoms with Crippen molar-refractivity contribution < 1.29 is 8.42 Å². The molecule has 1 unspecified atom stereocenters. The number of hydrogen-bond acceptors (Lipinski definition) is 5. The van der Waals surface area contributed by atoms with Crippen LogP contribution in [0.2, 0.25) is 0 Å². The van der Waals surface area contributed by atoms with Crippen LogP contribution in [0.3, 0.4) is 0 Å². The maximum Gasteiger partial charge on any atom is 0.151 e. The molecule has 0 aliphatic carbocycles. The Hall–Kier alpha value is -0.690. The Morgan fingerprint density at radius 1 is 1.38 bits per heavy atom. The van der Waals surface area contributed by atoms with Crippen LogP contribution in [0.5, 0.6) is 0 Å². The van der Waals surface area contributed by atoms with Crippen LogP contribution in [0.25, 0.3) is 0 Å². The van der Waals surface area contributed by atoms with Gasteiger partial charge in [0.25, 0.3) is 0 Å². The van der Waals surface area contributed by atoms with Gasteiger partial charge in [0.15, 0.2) is 9.84 Å². The fraction of sp³-hybridized carbons (Fsp3) is 0.714. The molecule has 0 aromatic carbocycles. The van der Waals surface area contributed by atoms with Gasteiger partial charge in [-0.25, -0.2) is 18.4 Å². The van der Waals surface area contributed by atoms with E-state index in [9.17, 15) is 8.42 Å². The highest BCUT2D eigenvalue weighted by molar-refractivity contribution is 9.10. The van der Waals surface area contributed by atoms with Gasteiger partial charge in [0.05, 0.1) is 21.7 Å². The molecule has 0 amide bonds. The van der Waals surface area contributed by atoms with Crippen molar-refractivity contribution in [3.05, 3.63) is 16.0 Å². The maximum atomic E-state index is 11.7. The first-order chi connectivity index (χ1) is 9.82. The molecule has 1 aliphatic heterocycles. The fourth-order valence-electron chi connectivity index (χ4n) is 2.50. The number of anilines is 1. The first-order valence-electron chi connectivity index (χ1n) is 7.33. The first kappa shape index (κ1) is 16.7. The molecule has 7 heteroatoms. The number of rotatable bonds is 5. The third-order valence-electron chi connectivity index (χ3n) is 3.48. The molecule has 1 N–H and O–H groups in total. The summed E-state index contributed by atoms with van der Waals surface area (Å²) in [6.45, 7) is 7.05. The third kappa shape index (κ3) is 4.16. The van der Waals surface area contributed by atoms with Gasteiger partial charge in [-0.05, 0) is 41.6 Å². The number of nitrogens with one attached hydrogen (secondary N) is 1. The lowest BCUT2D eigenvalue weighted by molar-refractivity contribution is 0.600. The largest absolute Gasteiger partial charge is 0.369 e. The zero-order valence-corrected chi connectivity index (χ0v) is 15.1. The summed E-state index contributed by atoms with van der Waals surface area (Å²) in [6, 6.07) is 0. The zero-order chi connectivity index (χ0) is 15.6. The molecule has 0 spiro atoms. The minimum Gasteiger partial charge on any atom is -0.369 e. The molecule has 2 rings (SSSR count). The number of hydrogen-bond donors (Lipinski definition) is 1. The lowest BCUT2D eigenvalue weighted by Gasteiger charge is -2.15. The highest BCUT2D eigenvalue weighted by Crippen LogP contribution is 2.31. The van der Waals surface area contributed by atoms with Crippen LogP contribution in [0, 0.1) is 5.92 Å². The van der Waals surface area contributed by atoms with Crippen LogP contribution in [0.4, 0.5) is 5.82 Å². The first-order valence-corrected chi connectivity index (χ1v) is 9.94. The average molecular weight is 376 g/mol. The summed E-state index contributed by atoms with van der Waals surface area (Å²) >= 11 is 3.57. The summed E-state index contributed by atoms with van der Waals surface area (Å²) in [5.74, 6) is 2.24.